The van der Waals surface area contributed by atoms with E-state index in [0.717, 1.165) is 38.6 Å². The summed E-state index contributed by atoms with van der Waals surface area (Å²) in [5, 5.41) is 12.6. The van der Waals surface area contributed by atoms with Crippen molar-refractivity contribution in [2.24, 2.45) is 16.5 Å². The van der Waals surface area contributed by atoms with Gasteiger partial charge in [-0.15, -0.1) is 0 Å². The number of hydrogen-bond acceptors (Lipinski definition) is 4. The third-order valence-corrected chi connectivity index (χ3v) is 4.24. The number of nitrogens with two attached hydrogens (primary N) is 2. The fourth-order valence-corrected chi connectivity index (χ4v) is 2.92. The quantitative estimate of drug-likeness (QED) is 0.242. The van der Waals surface area contributed by atoms with Gasteiger partial charge in [0.15, 0.2) is 5.96 Å². The van der Waals surface area contributed by atoms with Gasteiger partial charge in [0.05, 0.1) is 6.04 Å². The number of aliphatic carboxylic acids is 1. The topological polar surface area (TPSA) is 134 Å². The maximum Gasteiger partial charge on any atom is 0.326 e. The minimum absolute atomic E-state index is 0.0741. The SMILES string of the molecule is CCCCN[C@@H](CCCCN=C(N)N)C(=O)N1CCC[C@H]1C(=O)O. The van der Waals surface area contributed by atoms with Gasteiger partial charge in [-0.3, -0.25) is 9.79 Å². The third-order valence-electron chi connectivity index (χ3n) is 4.24. The van der Waals surface area contributed by atoms with Crippen molar-refractivity contribution in [3.05, 3.63) is 0 Å². The highest BCUT2D eigenvalue weighted by Crippen LogP contribution is 2.19. The minimum Gasteiger partial charge on any atom is -0.480 e. The number of amides is 1. The van der Waals surface area contributed by atoms with Crippen LogP contribution in [-0.2, 0) is 9.59 Å². The van der Waals surface area contributed by atoms with Crippen LogP contribution in [0.2, 0.25) is 0 Å². The Morgan fingerprint density at radius 3 is 2.71 bits per heavy atom. The average molecular weight is 341 g/mol. The number of carboxylic acids is 1. The Bertz CT molecular complexity index is 437. The molecule has 2 atom stereocenters. The van der Waals surface area contributed by atoms with Crippen LogP contribution >= 0.6 is 0 Å². The van der Waals surface area contributed by atoms with E-state index in [9.17, 15) is 14.7 Å². The Kier molecular flexibility index (Phi) is 9.14. The van der Waals surface area contributed by atoms with Crippen LogP contribution in [0, 0.1) is 0 Å². The standard InChI is InChI=1S/C16H31N5O3/c1-2-3-9-19-12(7-4-5-10-20-16(17)18)14(22)21-11-6-8-13(21)15(23)24/h12-13,19H,2-11H2,1H3,(H,23,24)(H4,17,18,20)/t12-,13-/m0/s1. The van der Waals surface area contributed by atoms with Crippen LogP contribution in [0.1, 0.15) is 51.9 Å². The van der Waals surface area contributed by atoms with Crippen LogP contribution in [0.15, 0.2) is 4.99 Å². The van der Waals surface area contributed by atoms with Crippen molar-refractivity contribution in [3.63, 3.8) is 0 Å². The van der Waals surface area contributed by atoms with E-state index in [2.05, 4.69) is 17.2 Å². The molecule has 0 aromatic carbocycles. The molecule has 0 bridgehead atoms. The number of guanidine groups is 1. The number of carboxylic acid groups (broad SMARTS) is 1. The summed E-state index contributed by atoms with van der Waals surface area (Å²) in [5.41, 5.74) is 10.6. The molecule has 138 valence electrons. The minimum atomic E-state index is -0.916. The number of nitrogens with one attached hydrogen (secondary N) is 1. The zero-order valence-corrected chi connectivity index (χ0v) is 14.5. The number of carbonyl (C=O) groups is 2. The summed E-state index contributed by atoms with van der Waals surface area (Å²) in [6.07, 6.45) is 5.56. The summed E-state index contributed by atoms with van der Waals surface area (Å²) in [4.78, 5) is 29.5. The molecular weight excluding hydrogens is 310 g/mol. The Labute approximate surface area is 143 Å². The average Bonchev–Trinajstić information content (AvgIpc) is 3.02. The van der Waals surface area contributed by atoms with E-state index in [1.165, 1.54) is 4.90 Å². The maximum atomic E-state index is 12.8. The molecule has 0 unspecified atom stereocenters. The molecule has 0 aromatic heterocycles. The van der Waals surface area contributed by atoms with Crippen LogP contribution < -0.4 is 16.8 Å². The molecule has 1 aliphatic rings. The largest absolute Gasteiger partial charge is 0.480 e. The maximum absolute atomic E-state index is 12.8. The Balaban J connectivity index is 2.57. The zero-order valence-electron chi connectivity index (χ0n) is 14.5. The number of unbranched alkanes of at least 4 members (excludes halogenated alkanes) is 2. The predicted molar refractivity (Wildman–Crippen MR) is 93.6 cm³/mol. The molecule has 0 spiro atoms. The van der Waals surface area contributed by atoms with Crippen molar-refractivity contribution in [3.8, 4) is 0 Å². The van der Waals surface area contributed by atoms with E-state index in [1.807, 2.05) is 0 Å². The lowest BCUT2D eigenvalue weighted by Gasteiger charge is -2.27. The van der Waals surface area contributed by atoms with E-state index in [-0.39, 0.29) is 17.9 Å². The first-order valence-electron chi connectivity index (χ1n) is 8.79. The van der Waals surface area contributed by atoms with Gasteiger partial charge in [0.25, 0.3) is 0 Å². The molecule has 1 amide bonds. The molecule has 1 fully saturated rings. The highest BCUT2D eigenvalue weighted by Gasteiger charge is 2.36. The molecule has 8 heteroatoms. The molecule has 1 rings (SSSR count). The van der Waals surface area contributed by atoms with Crippen molar-refractivity contribution < 1.29 is 14.7 Å². The molecule has 1 saturated heterocycles. The summed E-state index contributed by atoms with van der Waals surface area (Å²) in [6.45, 7) is 3.91. The number of carbonyl (C=O) groups excluding carboxylic acids is 1. The molecule has 0 radical (unpaired) electrons. The van der Waals surface area contributed by atoms with E-state index in [1.54, 1.807) is 0 Å². The first-order valence-corrected chi connectivity index (χ1v) is 8.79. The van der Waals surface area contributed by atoms with E-state index in [4.69, 9.17) is 11.5 Å². The smallest absolute Gasteiger partial charge is 0.326 e. The zero-order chi connectivity index (χ0) is 17.9. The number of likely N-dealkylation sites (tertiary alicyclic amines) is 1. The lowest BCUT2D eigenvalue weighted by molar-refractivity contribution is -0.149. The highest BCUT2D eigenvalue weighted by molar-refractivity contribution is 5.87. The highest BCUT2D eigenvalue weighted by atomic mass is 16.4. The van der Waals surface area contributed by atoms with Gasteiger partial charge in [-0.2, -0.15) is 0 Å². The fourth-order valence-electron chi connectivity index (χ4n) is 2.92. The Morgan fingerprint density at radius 1 is 1.33 bits per heavy atom. The molecule has 1 heterocycles. The van der Waals surface area contributed by atoms with Crippen molar-refractivity contribution in [1.29, 1.82) is 0 Å². The molecule has 1 aliphatic heterocycles. The molecule has 24 heavy (non-hydrogen) atoms. The van der Waals surface area contributed by atoms with E-state index >= 15 is 0 Å². The molecule has 0 aliphatic carbocycles. The molecule has 6 N–H and O–H groups in total. The van der Waals surface area contributed by atoms with Crippen LogP contribution in [0.4, 0.5) is 0 Å². The van der Waals surface area contributed by atoms with Crippen LogP contribution in [0.25, 0.3) is 0 Å². The van der Waals surface area contributed by atoms with Gasteiger partial charge in [-0.05, 0) is 45.1 Å². The van der Waals surface area contributed by atoms with Crippen LogP contribution in [0.3, 0.4) is 0 Å². The van der Waals surface area contributed by atoms with Crippen molar-refractivity contribution in [2.75, 3.05) is 19.6 Å². The van der Waals surface area contributed by atoms with Gasteiger partial charge in [-0.25, -0.2) is 4.79 Å². The van der Waals surface area contributed by atoms with Gasteiger partial charge < -0.3 is 26.8 Å². The Morgan fingerprint density at radius 2 is 2.08 bits per heavy atom. The summed E-state index contributed by atoms with van der Waals surface area (Å²) >= 11 is 0. The number of hydrogen-bond donors (Lipinski definition) is 4. The monoisotopic (exact) mass is 341 g/mol. The number of rotatable bonds is 11. The van der Waals surface area contributed by atoms with Gasteiger partial charge in [0.2, 0.25) is 5.91 Å². The Hall–Kier alpha value is -1.83. The molecule has 8 nitrogen and oxygen atoms in total. The summed E-state index contributed by atoms with van der Waals surface area (Å²) in [6, 6.07) is -1.02. The van der Waals surface area contributed by atoms with Crippen molar-refractivity contribution >= 4 is 17.8 Å². The first-order chi connectivity index (χ1) is 11.5. The van der Waals surface area contributed by atoms with Crippen LogP contribution in [-0.4, -0.2) is 59.6 Å². The number of aliphatic imine (C=N–C) groups is 1. The molecule has 0 aromatic rings. The summed E-state index contributed by atoms with van der Waals surface area (Å²) < 4.78 is 0. The first kappa shape index (κ1) is 20.2. The van der Waals surface area contributed by atoms with E-state index in [0.29, 0.717) is 25.9 Å². The van der Waals surface area contributed by atoms with Crippen molar-refractivity contribution in [2.45, 2.75) is 64.0 Å². The second-order valence-corrected chi connectivity index (χ2v) is 6.19. The second-order valence-electron chi connectivity index (χ2n) is 6.19. The summed E-state index contributed by atoms with van der Waals surface area (Å²) in [5.74, 6) is -0.941. The van der Waals surface area contributed by atoms with Gasteiger partial charge >= 0.3 is 5.97 Å². The van der Waals surface area contributed by atoms with E-state index < -0.39 is 12.0 Å². The van der Waals surface area contributed by atoms with Gasteiger partial charge in [0, 0.05) is 13.1 Å². The lowest BCUT2D eigenvalue weighted by atomic mass is 10.1. The third kappa shape index (κ3) is 6.74. The van der Waals surface area contributed by atoms with Gasteiger partial charge in [0.1, 0.15) is 6.04 Å². The van der Waals surface area contributed by atoms with Crippen LogP contribution in [0.5, 0.6) is 0 Å². The lowest BCUT2D eigenvalue weighted by Crippen LogP contribution is -2.50. The normalized spacial score (nSPS) is 18.4. The molecular formula is C16H31N5O3. The number of nitrogens with zero attached hydrogens (tertiary/aromatic N) is 2. The molecule has 0 saturated carbocycles. The summed E-state index contributed by atoms with van der Waals surface area (Å²) in [7, 11) is 0. The van der Waals surface area contributed by atoms with Gasteiger partial charge in [-0.1, -0.05) is 13.3 Å². The predicted octanol–water partition coefficient (Wildman–Crippen LogP) is 0.264. The fraction of sp³-hybridized carbons (Fsp3) is 0.812. The van der Waals surface area contributed by atoms with Crippen molar-refractivity contribution in [1.82, 2.24) is 10.2 Å². The second kappa shape index (κ2) is 10.9.